The van der Waals surface area contributed by atoms with E-state index in [-0.39, 0.29) is 56.6 Å². The zero-order valence-electron chi connectivity index (χ0n) is 5.08. The Morgan fingerprint density at radius 1 is 0.875 bits per heavy atom. The SMILES string of the molecule is [Li+].[Li+].[Li+].[O]=[Ta]([O-])([O-])[O-]. The van der Waals surface area contributed by atoms with Crippen molar-refractivity contribution in [2.24, 2.45) is 0 Å². The van der Waals surface area contributed by atoms with E-state index < -0.39 is 18.3 Å². The predicted molar refractivity (Wildman–Crippen MR) is 0.686 cm³/mol. The van der Waals surface area contributed by atoms with E-state index in [9.17, 15) is 0 Å². The molecule has 0 fully saturated rings. The Hall–Kier alpha value is 2.21. The van der Waals surface area contributed by atoms with Gasteiger partial charge in [0, 0.05) is 0 Å². The molecule has 0 aromatic carbocycles. The molecule has 32 valence electrons. The van der Waals surface area contributed by atoms with Crippen molar-refractivity contribution in [3.63, 3.8) is 0 Å². The third kappa shape index (κ3) is 87.3. The van der Waals surface area contributed by atoms with Crippen LogP contribution in [-0.4, -0.2) is 0 Å². The predicted octanol–water partition coefficient (Wildman–Crippen LogP) is -12.7. The van der Waals surface area contributed by atoms with Crippen molar-refractivity contribution in [3.8, 4) is 0 Å². The molecule has 4 nitrogen and oxygen atoms in total. The van der Waals surface area contributed by atoms with Gasteiger partial charge in [-0.05, 0) is 0 Å². The fourth-order valence-electron chi connectivity index (χ4n) is 0. The van der Waals surface area contributed by atoms with Crippen molar-refractivity contribution in [3.05, 3.63) is 0 Å². The van der Waals surface area contributed by atoms with Crippen molar-refractivity contribution in [2.75, 3.05) is 0 Å². The van der Waals surface area contributed by atoms with Crippen LogP contribution in [0.1, 0.15) is 0 Å². The van der Waals surface area contributed by atoms with Crippen LogP contribution >= 0.6 is 0 Å². The molecule has 0 unspecified atom stereocenters. The van der Waals surface area contributed by atoms with E-state index in [1.54, 1.807) is 0 Å². The number of hydrogen-bond donors (Lipinski definition) is 0. The molecular formula is Li3O4Ta. The van der Waals surface area contributed by atoms with Crippen LogP contribution < -0.4 is 67.4 Å². The molecule has 0 aliphatic rings. The van der Waals surface area contributed by atoms with Gasteiger partial charge >= 0.3 is 89.0 Å². The first-order valence-electron chi connectivity index (χ1n) is 0.730. The van der Waals surface area contributed by atoms with Crippen LogP contribution in [0, 0.1) is 0 Å². The molecule has 0 heterocycles. The van der Waals surface area contributed by atoms with Crippen LogP contribution in [-0.2, 0) is 21.5 Å². The van der Waals surface area contributed by atoms with Gasteiger partial charge in [0.1, 0.15) is 0 Å². The van der Waals surface area contributed by atoms with Gasteiger partial charge in [-0.3, -0.25) is 0 Å². The maximum atomic E-state index is 8.65. The molecule has 0 radical (unpaired) electrons. The minimum absolute atomic E-state index is 0. The number of rotatable bonds is 0. The van der Waals surface area contributed by atoms with Crippen LogP contribution in [0.5, 0.6) is 0 Å². The topological polar surface area (TPSA) is 86.2 Å². The van der Waals surface area contributed by atoms with Crippen LogP contribution in [0.25, 0.3) is 0 Å². The number of hydrogen-bond acceptors (Lipinski definition) is 4. The Kier molecular flexibility index (Phi) is 25.9. The van der Waals surface area contributed by atoms with Crippen LogP contribution in [0.3, 0.4) is 0 Å². The van der Waals surface area contributed by atoms with Crippen LogP contribution in [0.15, 0.2) is 0 Å². The fraction of sp³-hybridized carbons (Fsp3) is 0. The van der Waals surface area contributed by atoms with E-state index in [1.807, 2.05) is 0 Å². The molecule has 0 aromatic rings. The summed E-state index contributed by atoms with van der Waals surface area (Å²) in [4.78, 5) is 0. The van der Waals surface area contributed by atoms with E-state index in [2.05, 4.69) is 0 Å². The summed E-state index contributed by atoms with van der Waals surface area (Å²) in [6.07, 6.45) is 0. The summed E-state index contributed by atoms with van der Waals surface area (Å²) < 4.78 is 34.6. The van der Waals surface area contributed by atoms with Crippen LogP contribution in [0.4, 0.5) is 0 Å². The Morgan fingerprint density at radius 3 is 0.875 bits per heavy atom. The normalized spacial score (nSPS) is 7.38. The first-order chi connectivity index (χ1) is 2.00. The van der Waals surface area contributed by atoms with E-state index in [0.717, 1.165) is 0 Å². The first-order valence-corrected chi connectivity index (χ1v) is 5.98. The Bertz CT molecular complexity index is 57.4. The van der Waals surface area contributed by atoms with Crippen molar-refractivity contribution >= 4 is 0 Å². The molecule has 0 aliphatic carbocycles. The summed E-state index contributed by atoms with van der Waals surface area (Å²) in [5, 5.41) is 0. The van der Waals surface area contributed by atoms with Gasteiger partial charge in [0.25, 0.3) is 0 Å². The summed E-state index contributed by atoms with van der Waals surface area (Å²) in [5.74, 6) is 0. The Morgan fingerprint density at radius 2 is 0.875 bits per heavy atom. The van der Waals surface area contributed by atoms with E-state index in [4.69, 9.17) is 14.1 Å². The van der Waals surface area contributed by atoms with E-state index in [0.29, 0.717) is 0 Å². The van der Waals surface area contributed by atoms with Crippen molar-refractivity contribution in [2.45, 2.75) is 0 Å². The third-order valence-electron chi connectivity index (χ3n) is 0. The summed E-state index contributed by atoms with van der Waals surface area (Å²) in [5.41, 5.74) is 0. The zero-order chi connectivity index (χ0) is 4.50. The van der Waals surface area contributed by atoms with Gasteiger partial charge < -0.3 is 0 Å². The molecule has 0 saturated heterocycles. The standard InChI is InChI=1S/3Li.4O.Ta/q3*+1;;3*-1;. The molecule has 0 aliphatic heterocycles. The van der Waals surface area contributed by atoms with Gasteiger partial charge in [-0.2, -0.15) is 0 Å². The summed E-state index contributed by atoms with van der Waals surface area (Å²) >= 11 is -6.22. The quantitative estimate of drug-likeness (QED) is 0.407. The van der Waals surface area contributed by atoms with Gasteiger partial charge in [0.2, 0.25) is 0 Å². The van der Waals surface area contributed by atoms with Gasteiger partial charge in [0.15, 0.2) is 0 Å². The fourth-order valence-corrected chi connectivity index (χ4v) is 0. The van der Waals surface area contributed by atoms with Crippen molar-refractivity contribution in [1.29, 1.82) is 0 Å². The zero-order valence-corrected chi connectivity index (χ0v) is 8.29. The molecule has 0 N–H and O–H groups in total. The third-order valence-corrected chi connectivity index (χ3v) is 0. The Balaban J connectivity index is -0.0000000267. The first kappa shape index (κ1) is 22.5. The van der Waals surface area contributed by atoms with Crippen molar-refractivity contribution in [1.82, 2.24) is 0 Å². The van der Waals surface area contributed by atoms with Gasteiger partial charge in [-0.25, -0.2) is 0 Å². The second-order valence-electron chi connectivity index (χ2n) is 0.447. The van der Waals surface area contributed by atoms with E-state index >= 15 is 0 Å². The molecule has 8 heavy (non-hydrogen) atoms. The molecule has 0 bridgehead atoms. The summed E-state index contributed by atoms with van der Waals surface area (Å²) in [6.45, 7) is 0. The molecule has 0 amide bonds. The second kappa shape index (κ2) is 9.21. The van der Waals surface area contributed by atoms with Gasteiger partial charge in [-0.15, -0.1) is 0 Å². The molecule has 0 spiro atoms. The minimum atomic E-state index is -6.22. The Labute approximate surface area is 87.9 Å². The molecule has 0 rings (SSSR count). The summed E-state index contributed by atoms with van der Waals surface area (Å²) in [6, 6.07) is 0. The molecule has 0 aromatic heterocycles. The second-order valence-corrected chi connectivity index (χ2v) is 3.66. The average molecular weight is 266 g/mol. The molecule has 0 atom stereocenters. The molecule has 8 heteroatoms. The summed E-state index contributed by atoms with van der Waals surface area (Å²) in [7, 11) is 0. The maximum absolute atomic E-state index is 8.65. The van der Waals surface area contributed by atoms with Crippen molar-refractivity contribution < 1.29 is 89.0 Å². The molecular weight excluding hydrogens is 266 g/mol. The van der Waals surface area contributed by atoms with Crippen LogP contribution in [0.2, 0.25) is 0 Å². The monoisotopic (exact) mass is 266 g/mol. The average Bonchev–Trinajstić information content (AvgIpc) is 0.722. The van der Waals surface area contributed by atoms with E-state index in [1.165, 1.54) is 0 Å². The van der Waals surface area contributed by atoms with Gasteiger partial charge in [-0.1, -0.05) is 0 Å². The van der Waals surface area contributed by atoms with Gasteiger partial charge in [0.05, 0.1) is 0 Å². The molecule has 0 saturated carbocycles.